The van der Waals surface area contributed by atoms with E-state index in [0.717, 1.165) is 12.1 Å². The van der Waals surface area contributed by atoms with E-state index in [1.165, 1.54) is 30.8 Å². The molecule has 2 fully saturated rings. The van der Waals surface area contributed by atoms with Gasteiger partial charge in [-0.3, -0.25) is 0 Å². The molecule has 2 aliphatic rings. The molecule has 0 aliphatic carbocycles. The van der Waals surface area contributed by atoms with Gasteiger partial charge >= 0.3 is 0 Å². The fraction of sp³-hybridized carbons (Fsp3) is 0.625. The van der Waals surface area contributed by atoms with Gasteiger partial charge in [-0.25, -0.2) is 0 Å². The molecule has 2 heteroatoms. The van der Waals surface area contributed by atoms with Crippen molar-refractivity contribution in [2.24, 2.45) is 0 Å². The highest BCUT2D eigenvalue weighted by Gasteiger charge is 2.37. The summed E-state index contributed by atoms with van der Waals surface area (Å²) < 4.78 is 0. The summed E-state index contributed by atoms with van der Waals surface area (Å²) in [5.74, 6) is 0. The van der Waals surface area contributed by atoms with Gasteiger partial charge < -0.3 is 10.2 Å². The molecule has 0 amide bonds. The highest BCUT2D eigenvalue weighted by atomic mass is 15.3. The maximum Gasteiger partial charge on any atom is 0.0430 e. The molecule has 2 saturated heterocycles. The van der Waals surface area contributed by atoms with E-state index < -0.39 is 0 Å². The number of hydrogen-bond acceptors (Lipinski definition) is 2. The fourth-order valence-electron chi connectivity index (χ4n) is 2.68. The minimum atomic E-state index is 0.737. The third kappa shape index (κ3) is 3.26. The first-order valence-corrected chi connectivity index (χ1v) is 7.39. The molecule has 0 radical (unpaired) electrons. The lowest BCUT2D eigenvalue weighted by Gasteiger charge is -2.29. The van der Waals surface area contributed by atoms with Gasteiger partial charge in [-0.15, -0.1) is 0 Å². The van der Waals surface area contributed by atoms with Crippen LogP contribution in [0.2, 0.25) is 0 Å². The molecule has 2 bridgehead atoms. The van der Waals surface area contributed by atoms with Crippen LogP contribution >= 0.6 is 0 Å². The summed E-state index contributed by atoms with van der Waals surface area (Å²) in [5, 5.41) is 3.53. The van der Waals surface area contributed by atoms with Crippen LogP contribution < -0.4 is 10.2 Å². The largest absolute Gasteiger partial charge is 0.366 e. The van der Waals surface area contributed by atoms with E-state index in [1.807, 2.05) is 27.7 Å². The van der Waals surface area contributed by atoms with E-state index >= 15 is 0 Å². The smallest absolute Gasteiger partial charge is 0.0430 e. The highest BCUT2D eigenvalue weighted by molar-refractivity contribution is 5.51. The lowest BCUT2D eigenvalue weighted by atomic mass is 10.2. The molecule has 2 nitrogen and oxygen atoms in total. The predicted octanol–water partition coefficient (Wildman–Crippen LogP) is 3.60. The van der Waals surface area contributed by atoms with Crippen LogP contribution in [0.3, 0.4) is 0 Å². The summed E-state index contributed by atoms with van der Waals surface area (Å²) in [6.07, 6.45) is 1.33. The highest BCUT2D eigenvalue weighted by Crippen LogP contribution is 2.29. The number of hydrogen-bond donors (Lipinski definition) is 1. The first kappa shape index (κ1) is 15.0. The van der Waals surface area contributed by atoms with Crippen molar-refractivity contribution in [1.82, 2.24) is 5.32 Å². The van der Waals surface area contributed by atoms with Gasteiger partial charge in [-0.1, -0.05) is 39.8 Å². The number of nitrogens with zero attached hydrogens (tertiary/aromatic N) is 1. The van der Waals surface area contributed by atoms with Gasteiger partial charge in [0.2, 0.25) is 0 Å². The Morgan fingerprint density at radius 2 is 1.89 bits per heavy atom. The van der Waals surface area contributed by atoms with Crippen LogP contribution in [0.4, 0.5) is 5.69 Å². The second kappa shape index (κ2) is 7.42. The number of anilines is 1. The number of benzene rings is 1. The van der Waals surface area contributed by atoms with Crippen molar-refractivity contribution in [3.05, 3.63) is 29.8 Å². The second-order valence-corrected chi connectivity index (χ2v) is 4.49. The van der Waals surface area contributed by atoms with Crippen molar-refractivity contribution in [2.75, 3.05) is 18.0 Å². The topological polar surface area (TPSA) is 15.3 Å². The molecule has 2 unspecified atom stereocenters. The number of piperazine rings is 1. The normalized spacial score (nSPS) is 23.9. The van der Waals surface area contributed by atoms with Crippen molar-refractivity contribution in [2.45, 2.75) is 53.1 Å². The summed E-state index contributed by atoms with van der Waals surface area (Å²) in [7, 11) is 0. The monoisotopic (exact) mass is 248 g/mol. The Morgan fingerprint density at radius 3 is 2.39 bits per heavy atom. The van der Waals surface area contributed by atoms with Crippen LogP contribution in [0.1, 0.15) is 39.7 Å². The van der Waals surface area contributed by atoms with Crippen LogP contribution in [0, 0.1) is 6.92 Å². The van der Waals surface area contributed by atoms with Crippen molar-refractivity contribution in [1.29, 1.82) is 0 Å². The summed E-state index contributed by atoms with van der Waals surface area (Å²) in [6.45, 7) is 12.5. The first-order chi connectivity index (χ1) is 8.83. The van der Waals surface area contributed by atoms with Crippen LogP contribution in [0.5, 0.6) is 0 Å². The van der Waals surface area contributed by atoms with E-state index in [1.54, 1.807) is 0 Å². The molecule has 0 spiro atoms. The zero-order valence-electron chi connectivity index (χ0n) is 12.5. The van der Waals surface area contributed by atoms with Crippen molar-refractivity contribution < 1.29 is 0 Å². The molecule has 1 aromatic rings. The lowest BCUT2D eigenvalue weighted by molar-refractivity contribution is 0.580. The standard InChI is InChI=1S/C12H16N2.2C2H6/c1-9-3-2-4-11(5-9)14-8-10-6-12(14)7-13-10;2*1-2/h2-5,10,12-13H,6-8H2,1H3;2*1-2H3. The van der Waals surface area contributed by atoms with E-state index in [4.69, 9.17) is 0 Å². The first-order valence-electron chi connectivity index (χ1n) is 7.39. The quantitative estimate of drug-likeness (QED) is 0.817. The Bertz CT molecular complexity index is 349. The van der Waals surface area contributed by atoms with E-state index in [-0.39, 0.29) is 0 Å². The zero-order chi connectivity index (χ0) is 13.5. The second-order valence-electron chi connectivity index (χ2n) is 4.49. The van der Waals surface area contributed by atoms with Crippen LogP contribution in [0.15, 0.2) is 24.3 Å². The minimum absolute atomic E-state index is 0.737. The molecule has 0 aromatic heterocycles. The fourth-order valence-corrected chi connectivity index (χ4v) is 2.68. The molecule has 2 atom stereocenters. The Kier molecular flexibility index (Phi) is 6.20. The molecule has 1 aromatic carbocycles. The van der Waals surface area contributed by atoms with Gasteiger partial charge in [0.1, 0.15) is 0 Å². The van der Waals surface area contributed by atoms with E-state index in [2.05, 4.69) is 41.4 Å². The summed E-state index contributed by atoms with van der Waals surface area (Å²) in [6, 6.07) is 10.3. The van der Waals surface area contributed by atoms with Crippen molar-refractivity contribution in [3.63, 3.8) is 0 Å². The summed E-state index contributed by atoms with van der Waals surface area (Å²) >= 11 is 0. The van der Waals surface area contributed by atoms with Gasteiger partial charge in [0.25, 0.3) is 0 Å². The van der Waals surface area contributed by atoms with Crippen LogP contribution in [-0.4, -0.2) is 25.2 Å². The summed E-state index contributed by atoms with van der Waals surface area (Å²) in [5.41, 5.74) is 2.76. The van der Waals surface area contributed by atoms with E-state index in [0.29, 0.717) is 0 Å². The minimum Gasteiger partial charge on any atom is -0.366 e. The zero-order valence-corrected chi connectivity index (χ0v) is 12.5. The Labute approximate surface area is 112 Å². The molecule has 0 saturated carbocycles. The Hall–Kier alpha value is -1.02. The third-order valence-electron chi connectivity index (χ3n) is 3.39. The summed E-state index contributed by atoms with van der Waals surface area (Å²) in [4.78, 5) is 2.55. The SMILES string of the molecule is CC.CC.Cc1cccc(N2CC3CC2CN3)c1. The van der Waals surface area contributed by atoms with Gasteiger partial charge in [-0.2, -0.15) is 0 Å². The number of fused-ring (bicyclic) bond motifs is 2. The maximum absolute atomic E-state index is 3.53. The van der Waals surface area contributed by atoms with E-state index in [9.17, 15) is 0 Å². The Morgan fingerprint density at radius 1 is 1.17 bits per heavy atom. The van der Waals surface area contributed by atoms with Crippen molar-refractivity contribution >= 4 is 5.69 Å². The van der Waals surface area contributed by atoms with Crippen molar-refractivity contribution in [3.8, 4) is 0 Å². The Balaban J connectivity index is 0.000000371. The van der Waals surface area contributed by atoms with Gasteiger partial charge in [0.05, 0.1) is 0 Å². The average Bonchev–Trinajstić information content (AvgIpc) is 3.06. The van der Waals surface area contributed by atoms with Gasteiger partial charge in [-0.05, 0) is 31.0 Å². The molecule has 18 heavy (non-hydrogen) atoms. The molecule has 2 aliphatic heterocycles. The number of aryl methyl sites for hydroxylation is 1. The maximum atomic E-state index is 3.53. The number of nitrogens with one attached hydrogen (secondary N) is 1. The third-order valence-corrected chi connectivity index (χ3v) is 3.39. The predicted molar refractivity (Wildman–Crippen MR) is 81.4 cm³/mol. The molecule has 1 N–H and O–H groups in total. The lowest BCUT2D eigenvalue weighted by Crippen LogP contribution is -2.43. The molecule has 102 valence electrons. The van der Waals surface area contributed by atoms with Gasteiger partial charge in [0.15, 0.2) is 0 Å². The molecular formula is C16H28N2. The molecule has 3 rings (SSSR count). The van der Waals surface area contributed by atoms with Gasteiger partial charge in [0, 0.05) is 30.9 Å². The average molecular weight is 248 g/mol. The van der Waals surface area contributed by atoms with Crippen LogP contribution in [-0.2, 0) is 0 Å². The van der Waals surface area contributed by atoms with Crippen LogP contribution in [0.25, 0.3) is 0 Å². The molecular weight excluding hydrogens is 220 g/mol. The molecule has 2 heterocycles. The number of rotatable bonds is 1.